The Bertz CT molecular complexity index is 523. The summed E-state index contributed by atoms with van der Waals surface area (Å²) in [6, 6.07) is 5.70. The molecular formula is C15H19NO5. The van der Waals surface area contributed by atoms with E-state index in [4.69, 9.17) is 5.11 Å². The van der Waals surface area contributed by atoms with Gasteiger partial charge in [0.25, 0.3) is 5.91 Å². The molecule has 0 saturated heterocycles. The van der Waals surface area contributed by atoms with Crippen molar-refractivity contribution >= 4 is 17.8 Å². The second kappa shape index (κ2) is 7.42. The normalized spacial score (nSPS) is 11.7. The van der Waals surface area contributed by atoms with Crippen LogP contribution >= 0.6 is 0 Å². The number of amides is 1. The summed E-state index contributed by atoms with van der Waals surface area (Å²) < 4.78 is 0. The van der Waals surface area contributed by atoms with Gasteiger partial charge in [-0.3, -0.25) is 9.59 Å². The number of rotatable bonds is 7. The van der Waals surface area contributed by atoms with Crippen molar-refractivity contribution in [2.24, 2.45) is 0 Å². The minimum atomic E-state index is -1.14. The van der Waals surface area contributed by atoms with Crippen LogP contribution < -0.4 is 0 Å². The number of hydrogen-bond acceptors (Lipinski definition) is 3. The van der Waals surface area contributed by atoms with Crippen molar-refractivity contribution in [2.75, 3.05) is 6.54 Å². The molecule has 0 radical (unpaired) electrons. The topological polar surface area (TPSA) is 94.9 Å². The summed E-state index contributed by atoms with van der Waals surface area (Å²) in [4.78, 5) is 35.5. The first-order chi connectivity index (χ1) is 9.86. The number of hydrogen-bond donors (Lipinski definition) is 2. The smallest absolute Gasteiger partial charge is 0.326 e. The van der Waals surface area contributed by atoms with Gasteiger partial charge in [-0.1, -0.05) is 24.6 Å². The molecule has 1 aromatic carbocycles. The summed E-state index contributed by atoms with van der Waals surface area (Å²) in [6.45, 7) is 3.39. The molecule has 2 N–H and O–H groups in total. The van der Waals surface area contributed by atoms with Crippen LogP contribution in [0, 0.1) is 6.92 Å². The van der Waals surface area contributed by atoms with Crippen molar-refractivity contribution in [3.63, 3.8) is 0 Å². The van der Waals surface area contributed by atoms with E-state index < -0.39 is 23.9 Å². The zero-order chi connectivity index (χ0) is 16.0. The van der Waals surface area contributed by atoms with Crippen LogP contribution in [0.4, 0.5) is 0 Å². The highest BCUT2D eigenvalue weighted by atomic mass is 16.4. The Labute approximate surface area is 123 Å². The minimum absolute atomic E-state index is 0.132. The van der Waals surface area contributed by atoms with Gasteiger partial charge >= 0.3 is 11.9 Å². The molecule has 0 heterocycles. The molecule has 0 aliphatic rings. The molecule has 0 aliphatic carbocycles. The van der Waals surface area contributed by atoms with E-state index in [2.05, 4.69) is 0 Å². The molecule has 1 atom stereocenters. The monoisotopic (exact) mass is 293 g/mol. The van der Waals surface area contributed by atoms with Gasteiger partial charge in [0.15, 0.2) is 0 Å². The Morgan fingerprint density at radius 2 is 1.71 bits per heavy atom. The minimum Gasteiger partial charge on any atom is -0.481 e. The van der Waals surface area contributed by atoms with Crippen molar-refractivity contribution in [3.05, 3.63) is 35.4 Å². The van der Waals surface area contributed by atoms with Crippen molar-refractivity contribution < 1.29 is 24.6 Å². The third-order valence-electron chi connectivity index (χ3n) is 3.17. The molecule has 1 rings (SSSR count). The highest BCUT2D eigenvalue weighted by Gasteiger charge is 2.29. The molecule has 1 unspecified atom stereocenters. The van der Waals surface area contributed by atoms with Crippen molar-refractivity contribution in [3.8, 4) is 0 Å². The fraction of sp³-hybridized carbons (Fsp3) is 0.400. The number of carboxylic acids is 2. The van der Waals surface area contributed by atoms with Crippen LogP contribution in [0.1, 0.15) is 35.7 Å². The molecule has 6 heteroatoms. The number of aryl methyl sites for hydroxylation is 1. The zero-order valence-corrected chi connectivity index (χ0v) is 12.1. The van der Waals surface area contributed by atoms with E-state index in [1.165, 1.54) is 0 Å². The standard InChI is InChI=1S/C15H19NO5/c1-3-12(15(20)21)16(9-8-13(17)18)14(19)11-6-4-10(2)5-7-11/h4-7,12H,3,8-9H2,1-2H3,(H,17,18)(H,20,21). The Hall–Kier alpha value is -2.37. The lowest BCUT2D eigenvalue weighted by Gasteiger charge is -2.28. The summed E-state index contributed by atoms with van der Waals surface area (Å²) >= 11 is 0. The summed E-state index contributed by atoms with van der Waals surface area (Å²) in [5, 5.41) is 18.0. The Balaban J connectivity index is 3.03. The van der Waals surface area contributed by atoms with E-state index in [9.17, 15) is 19.5 Å². The first kappa shape index (κ1) is 16.7. The molecule has 0 spiro atoms. The third kappa shape index (κ3) is 4.59. The quantitative estimate of drug-likeness (QED) is 0.799. The maximum absolute atomic E-state index is 12.4. The van der Waals surface area contributed by atoms with Gasteiger partial charge in [-0.2, -0.15) is 0 Å². The lowest BCUT2D eigenvalue weighted by molar-refractivity contribution is -0.144. The summed E-state index contributed by atoms with van der Waals surface area (Å²) in [7, 11) is 0. The zero-order valence-electron chi connectivity index (χ0n) is 12.1. The predicted molar refractivity (Wildman–Crippen MR) is 76.2 cm³/mol. The molecule has 0 fully saturated rings. The SMILES string of the molecule is CCC(C(=O)O)N(CCC(=O)O)C(=O)c1ccc(C)cc1. The largest absolute Gasteiger partial charge is 0.481 e. The van der Waals surface area contributed by atoms with Crippen LogP contribution in [0.3, 0.4) is 0 Å². The van der Waals surface area contributed by atoms with Gasteiger partial charge in [-0.15, -0.1) is 0 Å². The molecule has 0 aromatic heterocycles. The van der Waals surface area contributed by atoms with Gasteiger partial charge < -0.3 is 15.1 Å². The molecule has 114 valence electrons. The number of benzene rings is 1. The summed E-state index contributed by atoms with van der Waals surface area (Å²) in [5.74, 6) is -2.68. The highest BCUT2D eigenvalue weighted by Crippen LogP contribution is 2.13. The lowest BCUT2D eigenvalue weighted by atomic mass is 10.1. The average molecular weight is 293 g/mol. The summed E-state index contributed by atoms with van der Waals surface area (Å²) in [6.07, 6.45) is -0.0755. The van der Waals surface area contributed by atoms with Gasteiger partial charge in [0, 0.05) is 12.1 Å². The van der Waals surface area contributed by atoms with E-state index in [0.717, 1.165) is 10.5 Å². The molecule has 1 amide bonds. The molecule has 1 aromatic rings. The van der Waals surface area contributed by atoms with Gasteiger partial charge in [0.05, 0.1) is 6.42 Å². The van der Waals surface area contributed by atoms with E-state index in [-0.39, 0.29) is 19.4 Å². The number of carbonyl (C=O) groups excluding carboxylic acids is 1. The van der Waals surface area contributed by atoms with Gasteiger partial charge in [0.1, 0.15) is 6.04 Å². The van der Waals surface area contributed by atoms with E-state index in [0.29, 0.717) is 5.56 Å². The van der Waals surface area contributed by atoms with Crippen LogP contribution in [0.15, 0.2) is 24.3 Å². The third-order valence-corrected chi connectivity index (χ3v) is 3.17. The number of carbonyl (C=O) groups is 3. The maximum Gasteiger partial charge on any atom is 0.326 e. The van der Waals surface area contributed by atoms with E-state index in [1.807, 2.05) is 6.92 Å². The van der Waals surface area contributed by atoms with Crippen molar-refractivity contribution in [1.29, 1.82) is 0 Å². The fourth-order valence-corrected chi connectivity index (χ4v) is 2.01. The Morgan fingerprint density at radius 3 is 2.14 bits per heavy atom. The van der Waals surface area contributed by atoms with E-state index in [1.54, 1.807) is 31.2 Å². The van der Waals surface area contributed by atoms with Crippen LogP contribution in [0.2, 0.25) is 0 Å². The first-order valence-corrected chi connectivity index (χ1v) is 6.69. The fourth-order valence-electron chi connectivity index (χ4n) is 2.01. The van der Waals surface area contributed by atoms with Crippen LogP contribution in [0.25, 0.3) is 0 Å². The first-order valence-electron chi connectivity index (χ1n) is 6.69. The van der Waals surface area contributed by atoms with Gasteiger partial charge in [-0.05, 0) is 25.5 Å². The molecule has 21 heavy (non-hydrogen) atoms. The number of carboxylic acid groups (broad SMARTS) is 2. The van der Waals surface area contributed by atoms with Crippen molar-refractivity contribution in [1.82, 2.24) is 4.90 Å². The average Bonchev–Trinajstić information content (AvgIpc) is 2.42. The van der Waals surface area contributed by atoms with Crippen molar-refractivity contribution in [2.45, 2.75) is 32.7 Å². The molecule has 0 bridgehead atoms. The Kier molecular flexibility index (Phi) is 5.90. The number of nitrogens with zero attached hydrogens (tertiary/aromatic N) is 1. The predicted octanol–water partition coefficient (Wildman–Crippen LogP) is 1.78. The summed E-state index contributed by atoms with van der Waals surface area (Å²) in [5.41, 5.74) is 1.33. The van der Waals surface area contributed by atoms with Crippen LogP contribution in [-0.4, -0.2) is 45.5 Å². The molecule has 0 saturated carbocycles. The second-order valence-electron chi connectivity index (χ2n) is 4.77. The molecular weight excluding hydrogens is 274 g/mol. The van der Waals surface area contributed by atoms with Gasteiger partial charge in [0.2, 0.25) is 0 Å². The Morgan fingerprint density at radius 1 is 1.14 bits per heavy atom. The number of aliphatic carboxylic acids is 2. The highest BCUT2D eigenvalue weighted by molar-refractivity contribution is 5.96. The molecule has 0 aliphatic heterocycles. The van der Waals surface area contributed by atoms with Crippen LogP contribution in [0.5, 0.6) is 0 Å². The maximum atomic E-state index is 12.4. The van der Waals surface area contributed by atoms with Crippen LogP contribution in [-0.2, 0) is 9.59 Å². The second-order valence-corrected chi connectivity index (χ2v) is 4.77. The van der Waals surface area contributed by atoms with Gasteiger partial charge in [-0.25, -0.2) is 4.79 Å². The lowest BCUT2D eigenvalue weighted by Crippen LogP contribution is -2.45. The molecule has 6 nitrogen and oxygen atoms in total. The van der Waals surface area contributed by atoms with E-state index >= 15 is 0 Å².